The minimum absolute atomic E-state index is 0.128. The number of aryl methyl sites for hydroxylation is 1. The number of anilines is 1. The maximum Gasteiger partial charge on any atom is 0.233 e. The molecule has 0 radical (unpaired) electrons. The van der Waals surface area contributed by atoms with E-state index in [0.29, 0.717) is 29.0 Å². The second-order valence-corrected chi connectivity index (χ2v) is 9.29. The molecule has 0 bridgehead atoms. The molecule has 34 heavy (non-hydrogen) atoms. The van der Waals surface area contributed by atoms with E-state index in [1.54, 1.807) is 6.26 Å². The van der Waals surface area contributed by atoms with Crippen LogP contribution in [0.2, 0.25) is 0 Å². The van der Waals surface area contributed by atoms with Crippen molar-refractivity contribution in [1.29, 1.82) is 0 Å². The number of aromatic nitrogens is 3. The van der Waals surface area contributed by atoms with Crippen LogP contribution in [0.3, 0.4) is 0 Å². The Hall–Kier alpha value is -3.52. The van der Waals surface area contributed by atoms with Gasteiger partial charge in [-0.3, -0.25) is 9.36 Å². The van der Waals surface area contributed by atoms with Crippen LogP contribution in [-0.2, 0) is 11.3 Å². The minimum Gasteiger partial charge on any atom is -0.461 e. The second-order valence-electron chi connectivity index (χ2n) is 8.35. The van der Waals surface area contributed by atoms with Gasteiger partial charge in [0.25, 0.3) is 0 Å². The molecule has 0 aliphatic carbocycles. The molecule has 1 aliphatic heterocycles. The highest BCUT2D eigenvalue weighted by Gasteiger charge is 2.23. The van der Waals surface area contributed by atoms with E-state index in [2.05, 4.69) is 58.4 Å². The molecule has 4 aromatic rings. The number of carbonyl (C=O) groups is 1. The second kappa shape index (κ2) is 10.2. The van der Waals surface area contributed by atoms with Gasteiger partial charge in [0.2, 0.25) is 11.7 Å². The molecule has 2 aromatic carbocycles. The fraction of sp³-hybridized carbons (Fsp3) is 0.269. The van der Waals surface area contributed by atoms with Crippen LogP contribution in [-0.4, -0.2) is 57.5 Å². The molecule has 0 saturated carbocycles. The first-order valence-electron chi connectivity index (χ1n) is 11.4. The Kier molecular flexibility index (Phi) is 6.67. The van der Waals surface area contributed by atoms with Gasteiger partial charge in [-0.05, 0) is 42.3 Å². The monoisotopic (exact) mass is 473 g/mol. The van der Waals surface area contributed by atoms with Gasteiger partial charge in [0.15, 0.2) is 10.9 Å². The SMILES string of the molecule is Cc1cccc(N2CCN(C(=O)CSc3nnc(-c4ccco4)n3Cc3ccccc3)CC2)c1. The van der Waals surface area contributed by atoms with E-state index in [4.69, 9.17) is 4.42 Å². The number of carbonyl (C=O) groups excluding carboxylic acids is 1. The topological polar surface area (TPSA) is 67.4 Å². The van der Waals surface area contributed by atoms with Crippen LogP contribution in [0.4, 0.5) is 5.69 Å². The van der Waals surface area contributed by atoms with Crippen molar-refractivity contribution in [2.45, 2.75) is 18.6 Å². The van der Waals surface area contributed by atoms with E-state index in [-0.39, 0.29) is 5.91 Å². The number of amides is 1. The molecule has 1 saturated heterocycles. The van der Waals surface area contributed by atoms with Crippen LogP contribution in [0.1, 0.15) is 11.1 Å². The molecular formula is C26H27N5O2S. The molecule has 1 fully saturated rings. The Labute approximate surface area is 203 Å². The first-order valence-corrected chi connectivity index (χ1v) is 12.4. The van der Waals surface area contributed by atoms with E-state index < -0.39 is 0 Å². The Balaban J connectivity index is 1.24. The maximum atomic E-state index is 13.0. The number of hydrogen-bond acceptors (Lipinski definition) is 6. The van der Waals surface area contributed by atoms with Crippen molar-refractivity contribution in [3.63, 3.8) is 0 Å². The fourth-order valence-corrected chi connectivity index (χ4v) is 4.99. The summed E-state index contributed by atoms with van der Waals surface area (Å²) in [5.41, 5.74) is 3.61. The summed E-state index contributed by atoms with van der Waals surface area (Å²) >= 11 is 1.43. The van der Waals surface area contributed by atoms with Crippen molar-refractivity contribution in [2.24, 2.45) is 0 Å². The Morgan fingerprint density at radius 1 is 0.971 bits per heavy atom. The van der Waals surface area contributed by atoms with Crippen LogP contribution in [0.5, 0.6) is 0 Å². The number of piperazine rings is 1. The van der Waals surface area contributed by atoms with Crippen molar-refractivity contribution in [2.75, 3.05) is 36.8 Å². The molecule has 0 N–H and O–H groups in total. The lowest BCUT2D eigenvalue weighted by Crippen LogP contribution is -2.49. The number of benzene rings is 2. The fourth-order valence-electron chi connectivity index (χ4n) is 4.15. The number of hydrogen-bond donors (Lipinski definition) is 0. The zero-order chi connectivity index (χ0) is 23.3. The molecule has 5 rings (SSSR count). The summed E-state index contributed by atoms with van der Waals surface area (Å²) in [5.74, 6) is 1.78. The van der Waals surface area contributed by atoms with Gasteiger partial charge in [-0.1, -0.05) is 54.2 Å². The van der Waals surface area contributed by atoms with Crippen molar-refractivity contribution >= 4 is 23.4 Å². The summed E-state index contributed by atoms with van der Waals surface area (Å²) in [4.78, 5) is 17.3. The molecule has 2 aromatic heterocycles. The number of rotatable bonds is 7. The third kappa shape index (κ3) is 5.02. The van der Waals surface area contributed by atoms with Crippen LogP contribution in [0.25, 0.3) is 11.6 Å². The van der Waals surface area contributed by atoms with Crippen molar-refractivity contribution < 1.29 is 9.21 Å². The van der Waals surface area contributed by atoms with E-state index >= 15 is 0 Å². The largest absolute Gasteiger partial charge is 0.461 e. The minimum atomic E-state index is 0.128. The Bertz CT molecular complexity index is 1230. The third-order valence-corrected chi connectivity index (χ3v) is 6.92. The quantitative estimate of drug-likeness (QED) is 0.372. The summed E-state index contributed by atoms with van der Waals surface area (Å²) in [5, 5.41) is 9.46. The zero-order valence-corrected chi connectivity index (χ0v) is 19.9. The molecule has 1 aliphatic rings. The van der Waals surface area contributed by atoms with E-state index in [1.807, 2.05) is 39.8 Å². The van der Waals surface area contributed by atoms with Crippen LogP contribution < -0.4 is 4.90 Å². The number of nitrogens with zero attached hydrogens (tertiary/aromatic N) is 5. The molecule has 3 heterocycles. The molecule has 1 amide bonds. The highest BCUT2D eigenvalue weighted by molar-refractivity contribution is 7.99. The lowest BCUT2D eigenvalue weighted by Gasteiger charge is -2.36. The first kappa shape index (κ1) is 22.3. The van der Waals surface area contributed by atoms with Crippen molar-refractivity contribution in [3.05, 3.63) is 84.1 Å². The number of thioether (sulfide) groups is 1. The van der Waals surface area contributed by atoms with E-state index in [0.717, 1.165) is 31.7 Å². The molecular weight excluding hydrogens is 446 g/mol. The zero-order valence-electron chi connectivity index (χ0n) is 19.1. The summed E-state index contributed by atoms with van der Waals surface area (Å²) in [6.07, 6.45) is 1.63. The summed E-state index contributed by atoms with van der Waals surface area (Å²) < 4.78 is 7.59. The van der Waals surface area contributed by atoms with Crippen LogP contribution >= 0.6 is 11.8 Å². The standard InChI is InChI=1S/C26H27N5O2S/c1-20-7-5-10-22(17-20)29-12-14-30(15-13-29)24(32)19-34-26-28-27-25(23-11-6-16-33-23)31(26)18-21-8-3-2-4-9-21/h2-11,16-17H,12-15,18-19H2,1H3. The average molecular weight is 474 g/mol. The highest BCUT2D eigenvalue weighted by Crippen LogP contribution is 2.26. The van der Waals surface area contributed by atoms with Crippen molar-refractivity contribution in [3.8, 4) is 11.6 Å². The molecule has 0 unspecified atom stereocenters. The van der Waals surface area contributed by atoms with Gasteiger partial charge < -0.3 is 14.2 Å². The van der Waals surface area contributed by atoms with Gasteiger partial charge in [0, 0.05) is 31.9 Å². The van der Waals surface area contributed by atoms with Gasteiger partial charge >= 0.3 is 0 Å². The van der Waals surface area contributed by atoms with Gasteiger partial charge in [0.05, 0.1) is 18.6 Å². The van der Waals surface area contributed by atoms with Gasteiger partial charge in [0.1, 0.15) is 0 Å². The van der Waals surface area contributed by atoms with Crippen molar-refractivity contribution in [1.82, 2.24) is 19.7 Å². The summed E-state index contributed by atoms with van der Waals surface area (Å²) in [6, 6.07) is 22.4. The summed E-state index contributed by atoms with van der Waals surface area (Å²) in [7, 11) is 0. The molecule has 0 atom stereocenters. The molecule has 7 nitrogen and oxygen atoms in total. The molecule has 8 heteroatoms. The molecule has 174 valence electrons. The Morgan fingerprint density at radius 3 is 2.53 bits per heavy atom. The lowest BCUT2D eigenvalue weighted by atomic mass is 10.2. The number of furan rings is 1. The Morgan fingerprint density at radius 2 is 1.79 bits per heavy atom. The molecule has 0 spiro atoms. The van der Waals surface area contributed by atoms with Crippen LogP contribution in [0.15, 0.2) is 82.6 Å². The maximum absolute atomic E-state index is 13.0. The van der Waals surface area contributed by atoms with Gasteiger partial charge in [-0.2, -0.15) is 0 Å². The predicted molar refractivity (Wildman–Crippen MR) is 134 cm³/mol. The van der Waals surface area contributed by atoms with E-state index in [1.165, 1.54) is 23.0 Å². The smallest absolute Gasteiger partial charge is 0.233 e. The normalized spacial score (nSPS) is 13.9. The highest BCUT2D eigenvalue weighted by atomic mass is 32.2. The average Bonchev–Trinajstić information content (AvgIpc) is 3.53. The predicted octanol–water partition coefficient (Wildman–Crippen LogP) is 4.34. The van der Waals surface area contributed by atoms with Gasteiger partial charge in [-0.25, -0.2) is 0 Å². The van der Waals surface area contributed by atoms with Gasteiger partial charge in [-0.15, -0.1) is 10.2 Å². The summed E-state index contributed by atoms with van der Waals surface area (Å²) in [6.45, 7) is 5.84. The van der Waals surface area contributed by atoms with Crippen LogP contribution in [0, 0.1) is 6.92 Å². The first-order chi connectivity index (χ1) is 16.7. The third-order valence-electron chi connectivity index (χ3n) is 5.97. The lowest BCUT2D eigenvalue weighted by molar-refractivity contribution is -0.128. The van der Waals surface area contributed by atoms with E-state index in [9.17, 15) is 4.79 Å².